The van der Waals surface area contributed by atoms with Gasteiger partial charge in [0.05, 0.1) is 16.8 Å². The van der Waals surface area contributed by atoms with Crippen molar-refractivity contribution < 1.29 is 27.8 Å². The van der Waals surface area contributed by atoms with Crippen LogP contribution in [0.5, 0.6) is 11.7 Å². The first kappa shape index (κ1) is 15.0. The average molecular weight is 321 g/mol. The summed E-state index contributed by atoms with van der Waals surface area (Å²) in [4.78, 5) is 0. The van der Waals surface area contributed by atoms with Gasteiger partial charge in [-0.05, 0) is 30.3 Å². The van der Waals surface area contributed by atoms with E-state index in [1.807, 2.05) is 0 Å². The minimum atomic E-state index is -4.46. The number of halogens is 3. The molecule has 0 fully saturated rings. The maximum atomic E-state index is 12.6. The molecule has 3 rings (SSSR count). The van der Waals surface area contributed by atoms with E-state index in [4.69, 9.17) is 9.83 Å². The number of hydrogen-bond acceptors (Lipinski definition) is 4. The number of rotatable bonds is 2. The van der Waals surface area contributed by atoms with Gasteiger partial charge in [-0.15, -0.1) is 0 Å². The fraction of sp³-hybridized carbons (Fsp3) is 0.0625. The molecule has 2 aromatic carbocycles. The van der Waals surface area contributed by atoms with E-state index in [1.165, 1.54) is 18.2 Å². The Bertz CT molecular complexity index is 895. The van der Waals surface area contributed by atoms with Gasteiger partial charge in [0.2, 0.25) is 0 Å². The Kier molecular flexibility index (Phi) is 3.28. The van der Waals surface area contributed by atoms with Gasteiger partial charge in [-0.25, -0.2) is 0 Å². The highest BCUT2D eigenvalue weighted by Gasteiger charge is 2.30. The summed E-state index contributed by atoms with van der Waals surface area (Å²) in [6.45, 7) is 0. The van der Waals surface area contributed by atoms with E-state index >= 15 is 0 Å². The Morgan fingerprint density at radius 1 is 1.00 bits per heavy atom. The molecule has 0 saturated carbocycles. The first-order valence-corrected chi connectivity index (χ1v) is 6.48. The molecule has 23 heavy (non-hydrogen) atoms. The summed E-state index contributed by atoms with van der Waals surface area (Å²) in [7, 11) is 0. The van der Waals surface area contributed by atoms with Gasteiger partial charge in [0.15, 0.2) is 0 Å². The molecule has 1 aromatic heterocycles. The van der Waals surface area contributed by atoms with Crippen molar-refractivity contribution in [1.82, 2.24) is 0 Å². The Morgan fingerprint density at radius 2 is 1.65 bits per heavy atom. The van der Waals surface area contributed by atoms with E-state index in [0.717, 1.165) is 24.3 Å². The van der Waals surface area contributed by atoms with Crippen molar-refractivity contribution in [3.8, 4) is 11.7 Å². The Balaban J connectivity index is 2.07. The van der Waals surface area contributed by atoms with Gasteiger partial charge in [0, 0.05) is 10.9 Å². The minimum Gasteiger partial charge on any atom is -0.508 e. The molecule has 3 N–H and O–H groups in total. The van der Waals surface area contributed by atoms with Crippen molar-refractivity contribution in [3.05, 3.63) is 59.2 Å². The van der Waals surface area contributed by atoms with Crippen molar-refractivity contribution in [2.24, 2.45) is 0 Å². The summed E-state index contributed by atoms with van der Waals surface area (Å²) >= 11 is 0. The number of benzene rings is 2. The van der Waals surface area contributed by atoms with Crippen LogP contribution in [0.25, 0.3) is 11.0 Å². The van der Waals surface area contributed by atoms with E-state index in [-0.39, 0.29) is 28.2 Å². The quantitative estimate of drug-likeness (QED) is 0.617. The lowest BCUT2D eigenvalue weighted by Crippen LogP contribution is -2.06. The Morgan fingerprint density at radius 3 is 2.26 bits per heavy atom. The van der Waals surface area contributed by atoms with Gasteiger partial charge in [-0.2, -0.15) is 13.2 Å². The normalized spacial score (nSPS) is 11.8. The molecule has 0 radical (unpaired) electrons. The average Bonchev–Trinajstić information content (AvgIpc) is 2.81. The van der Waals surface area contributed by atoms with Gasteiger partial charge in [0.1, 0.15) is 11.3 Å². The molecule has 0 spiro atoms. The van der Waals surface area contributed by atoms with Crippen molar-refractivity contribution >= 4 is 16.7 Å². The predicted octanol–water partition coefficient (Wildman–Crippen LogP) is 4.28. The highest BCUT2D eigenvalue weighted by molar-refractivity contribution is 6.19. The van der Waals surface area contributed by atoms with Gasteiger partial charge in [-0.3, -0.25) is 5.41 Å². The smallest absolute Gasteiger partial charge is 0.416 e. The van der Waals surface area contributed by atoms with Crippen LogP contribution in [-0.4, -0.2) is 15.9 Å². The summed E-state index contributed by atoms with van der Waals surface area (Å²) in [6.07, 6.45) is -4.46. The van der Waals surface area contributed by atoms with Crippen molar-refractivity contribution in [2.75, 3.05) is 0 Å². The van der Waals surface area contributed by atoms with Crippen molar-refractivity contribution in [2.45, 2.75) is 6.18 Å². The van der Waals surface area contributed by atoms with Crippen LogP contribution < -0.4 is 0 Å². The van der Waals surface area contributed by atoms with Crippen molar-refractivity contribution in [1.29, 1.82) is 5.41 Å². The monoisotopic (exact) mass is 321 g/mol. The topological polar surface area (TPSA) is 77.5 Å². The summed E-state index contributed by atoms with van der Waals surface area (Å²) < 4.78 is 42.8. The fourth-order valence-electron chi connectivity index (χ4n) is 2.28. The molecular formula is C16H10F3NO3. The maximum absolute atomic E-state index is 12.6. The number of phenols is 1. The van der Waals surface area contributed by atoms with E-state index in [1.54, 1.807) is 0 Å². The van der Waals surface area contributed by atoms with Crippen LogP contribution in [0.1, 0.15) is 16.7 Å². The van der Waals surface area contributed by atoms with E-state index in [9.17, 15) is 23.4 Å². The van der Waals surface area contributed by atoms with Crippen LogP contribution in [0.3, 0.4) is 0 Å². The Labute approximate surface area is 127 Å². The predicted molar refractivity (Wildman–Crippen MR) is 76.9 cm³/mol. The first-order chi connectivity index (χ1) is 10.8. The molecule has 0 aliphatic rings. The molecule has 0 bridgehead atoms. The molecule has 118 valence electrons. The summed E-state index contributed by atoms with van der Waals surface area (Å²) in [5, 5.41) is 27.8. The van der Waals surface area contributed by atoms with E-state index in [0.29, 0.717) is 5.39 Å². The third kappa shape index (κ3) is 2.61. The largest absolute Gasteiger partial charge is 0.508 e. The lowest BCUT2D eigenvalue weighted by Gasteiger charge is -2.08. The van der Waals surface area contributed by atoms with E-state index < -0.39 is 17.7 Å². The lowest BCUT2D eigenvalue weighted by atomic mass is 10.00. The minimum absolute atomic E-state index is 0.00987. The number of phenolic OH excluding ortho intramolecular Hbond substituents is 1. The van der Waals surface area contributed by atoms with Crippen LogP contribution in [0.2, 0.25) is 0 Å². The standard InChI is InChI=1S/C16H10F3NO3/c17-16(18,19)9-3-1-8(2-4-9)14(20)13-11-7-10(21)5-6-12(11)23-15(13)22/h1-7,20-22H. The fourth-order valence-corrected chi connectivity index (χ4v) is 2.28. The van der Waals surface area contributed by atoms with Gasteiger partial charge in [-0.1, -0.05) is 12.1 Å². The summed E-state index contributed by atoms with van der Waals surface area (Å²) in [5.74, 6) is -0.615. The number of aromatic hydroxyl groups is 2. The van der Waals surface area contributed by atoms with E-state index in [2.05, 4.69) is 0 Å². The SMILES string of the molecule is N=C(c1ccc(C(F)(F)F)cc1)c1c(O)oc2ccc(O)cc12. The molecule has 3 aromatic rings. The van der Waals surface area contributed by atoms with Gasteiger partial charge < -0.3 is 14.6 Å². The summed E-state index contributed by atoms with van der Waals surface area (Å²) in [5.41, 5.74) is -0.587. The molecule has 0 unspecified atom stereocenters. The number of hydrogen-bond donors (Lipinski definition) is 3. The second kappa shape index (κ2) is 5.05. The molecule has 0 saturated heterocycles. The second-order valence-corrected chi connectivity index (χ2v) is 4.91. The molecule has 0 aliphatic carbocycles. The number of alkyl halides is 3. The lowest BCUT2D eigenvalue weighted by molar-refractivity contribution is -0.137. The maximum Gasteiger partial charge on any atom is 0.416 e. The third-order valence-electron chi connectivity index (χ3n) is 3.40. The molecule has 0 aliphatic heterocycles. The van der Waals surface area contributed by atoms with Crippen LogP contribution in [-0.2, 0) is 6.18 Å². The van der Waals surface area contributed by atoms with Crippen molar-refractivity contribution in [3.63, 3.8) is 0 Å². The molecule has 1 heterocycles. The summed E-state index contributed by atoms with van der Waals surface area (Å²) in [6, 6.07) is 8.11. The van der Waals surface area contributed by atoms with Crippen LogP contribution >= 0.6 is 0 Å². The number of furan rings is 1. The zero-order valence-corrected chi connectivity index (χ0v) is 11.5. The zero-order chi connectivity index (χ0) is 16.8. The highest BCUT2D eigenvalue weighted by atomic mass is 19.4. The molecule has 0 amide bonds. The van der Waals surface area contributed by atoms with Crippen LogP contribution in [0.4, 0.5) is 13.2 Å². The number of nitrogens with one attached hydrogen (secondary N) is 1. The molecular weight excluding hydrogens is 311 g/mol. The third-order valence-corrected chi connectivity index (χ3v) is 3.40. The number of fused-ring (bicyclic) bond motifs is 1. The second-order valence-electron chi connectivity index (χ2n) is 4.91. The zero-order valence-electron chi connectivity index (χ0n) is 11.5. The Hall–Kier alpha value is -2.96. The van der Waals surface area contributed by atoms with Gasteiger partial charge >= 0.3 is 6.18 Å². The molecule has 0 atom stereocenters. The van der Waals surface area contributed by atoms with Crippen LogP contribution in [0, 0.1) is 5.41 Å². The molecule has 7 heteroatoms. The molecule has 4 nitrogen and oxygen atoms in total. The first-order valence-electron chi connectivity index (χ1n) is 6.48. The van der Waals surface area contributed by atoms with Gasteiger partial charge in [0.25, 0.3) is 5.95 Å². The highest BCUT2D eigenvalue weighted by Crippen LogP contribution is 2.35. The van der Waals surface area contributed by atoms with Crippen LogP contribution in [0.15, 0.2) is 46.9 Å².